The van der Waals surface area contributed by atoms with E-state index in [-0.39, 0.29) is 29.6 Å². The molecule has 3 rings (SSSR count). The molecule has 0 saturated carbocycles. The number of nitrogens with one attached hydrogen (secondary N) is 1. The van der Waals surface area contributed by atoms with E-state index in [9.17, 15) is 22.4 Å². The molecule has 1 N–H and O–H groups in total. The normalized spacial score (nSPS) is 12.2. The standard InChI is InChI=1S/C29H32Cl2FN3O4S/c1-5-27(29(37)33-19(2)3)34(17-24-25(30)7-6-8-26(24)31)28(36)18-35(22-13-11-21(32)12-14-22)40(38,39)23-15-9-20(4)10-16-23/h6-16,19,27H,5,17-18H2,1-4H3,(H,33,37). The lowest BCUT2D eigenvalue weighted by Crippen LogP contribution is -2.53. The van der Waals surface area contributed by atoms with E-state index < -0.39 is 40.2 Å². The van der Waals surface area contributed by atoms with Gasteiger partial charge in [-0.05, 0) is 75.7 Å². The first-order chi connectivity index (χ1) is 18.8. The van der Waals surface area contributed by atoms with Crippen molar-refractivity contribution in [2.24, 2.45) is 0 Å². The van der Waals surface area contributed by atoms with Gasteiger partial charge in [0.05, 0.1) is 10.6 Å². The maximum atomic E-state index is 14.0. The molecule has 0 aromatic heterocycles. The zero-order chi connectivity index (χ0) is 29.6. The van der Waals surface area contributed by atoms with Crippen molar-refractivity contribution in [3.05, 3.63) is 93.7 Å². The van der Waals surface area contributed by atoms with Gasteiger partial charge < -0.3 is 10.2 Å². The molecule has 0 heterocycles. The average molecular weight is 609 g/mol. The third kappa shape index (κ3) is 7.53. The number of nitrogens with zero attached hydrogens (tertiary/aromatic N) is 2. The Balaban J connectivity index is 2.10. The highest BCUT2D eigenvalue weighted by molar-refractivity contribution is 7.92. The second-order valence-electron chi connectivity index (χ2n) is 9.61. The minimum Gasteiger partial charge on any atom is -0.352 e. The molecule has 7 nitrogen and oxygen atoms in total. The fraction of sp³-hybridized carbons (Fsp3) is 0.310. The highest BCUT2D eigenvalue weighted by Crippen LogP contribution is 2.29. The van der Waals surface area contributed by atoms with E-state index in [4.69, 9.17) is 23.2 Å². The summed E-state index contributed by atoms with van der Waals surface area (Å²) in [6.45, 7) is 6.37. The van der Waals surface area contributed by atoms with E-state index >= 15 is 0 Å². The number of hydrogen-bond donors (Lipinski definition) is 1. The number of rotatable bonds is 11. The topological polar surface area (TPSA) is 86.8 Å². The van der Waals surface area contributed by atoms with Crippen LogP contribution in [0.5, 0.6) is 0 Å². The van der Waals surface area contributed by atoms with Crippen LogP contribution in [0.4, 0.5) is 10.1 Å². The Kier molecular flexibility index (Phi) is 10.6. The number of amides is 2. The predicted molar refractivity (Wildman–Crippen MR) is 156 cm³/mol. The average Bonchev–Trinajstić information content (AvgIpc) is 2.89. The summed E-state index contributed by atoms with van der Waals surface area (Å²) in [4.78, 5) is 28.5. The van der Waals surface area contributed by atoms with Gasteiger partial charge in [-0.15, -0.1) is 0 Å². The first kappa shape index (κ1) is 31.4. The van der Waals surface area contributed by atoms with Crippen LogP contribution >= 0.6 is 23.2 Å². The summed E-state index contributed by atoms with van der Waals surface area (Å²) in [5.41, 5.74) is 1.36. The van der Waals surface area contributed by atoms with Gasteiger partial charge in [0, 0.05) is 28.2 Å². The van der Waals surface area contributed by atoms with Crippen molar-refractivity contribution in [2.75, 3.05) is 10.8 Å². The smallest absolute Gasteiger partial charge is 0.264 e. The molecule has 0 spiro atoms. The molecule has 214 valence electrons. The molecule has 11 heteroatoms. The molecule has 3 aromatic carbocycles. The maximum absolute atomic E-state index is 14.0. The number of sulfonamides is 1. The zero-order valence-corrected chi connectivity index (χ0v) is 25.0. The number of aryl methyl sites for hydroxylation is 1. The first-order valence-corrected chi connectivity index (χ1v) is 14.9. The molecule has 0 fully saturated rings. The van der Waals surface area contributed by atoms with Crippen LogP contribution in [0, 0.1) is 12.7 Å². The quantitative estimate of drug-likeness (QED) is 0.291. The van der Waals surface area contributed by atoms with Gasteiger partial charge in [-0.3, -0.25) is 13.9 Å². The molecular weight excluding hydrogens is 576 g/mol. The molecule has 0 aliphatic carbocycles. The van der Waals surface area contributed by atoms with Crippen LogP contribution < -0.4 is 9.62 Å². The van der Waals surface area contributed by atoms with Crippen LogP contribution in [0.2, 0.25) is 10.0 Å². The van der Waals surface area contributed by atoms with Crippen LogP contribution in [0.3, 0.4) is 0 Å². The van der Waals surface area contributed by atoms with Gasteiger partial charge in [0.1, 0.15) is 18.4 Å². The summed E-state index contributed by atoms with van der Waals surface area (Å²) in [5, 5.41) is 3.42. The Bertz CT molecular complexity index is 1430. The predicted octanol–water partition coefficient (Wildman–Crippen LogP) is 5.97. The molecule has 2 amide bonds. The molecule has 40 heavy (non-hydrogen) atoms. The van der Waals surface area contributed by atoms with Crippen molar-refractivity contribution in [1.29, 1.82) is 0 Å². The van der Waals surface area contributed by atoms with Gasteiger partial charge in [0.25, 0.3) is 10.0 Å². The Hall–Kier alpha value is -3.14. The van der Waals surface area contributed by atoms with Gasteiger partial charge in [0.2, 0.25) is 11.8 Å². The van der Waals surface area contributed by atoms with Crippen LogP contribution in [0.25, 0.3) is 0 Å². The Labute approximate surface area is 244 Å². The number of anilines is 1. The first-order valence-electron chi connectivity index (χ1n) is 12.7. The van der Waals surface area contributed by atoms with Gasteiger partial charge in [-0.1, -0.05) is 53.9 Å². The van der Waals surface area contributed by atoms with E-state index in [0.29, 0.717) is 15.6 Å². The van der Waals surface area contributed by atoms with E-state index in [1.807, 2.05) is 6.92 Å². The summed E-state index contributed by atoms with van der Waals surface area (Å²) < 4.78 is 42.3. The van der Waals surface area contributed by atoms with Crippen LogP contribution in [-0.4, -0.2) is 43.8 Å². The molecule has 1 unspecified atom stereocenters. The van der Waals surface area contributed by atoms with E-state index in [0.717, 1.165) is 22.0 Å². The lowest BCUT2D eigenvalue weighted by Gasteiger charge is -2.34. The summed E-state index contributed by atoms with van der Waals surface area (Å²) in [7, 11) is -4.26. The fourth-order valence-electron chi connectivity index (χ4n) is 4.13. The number of hydrogen-bond acceptors (Lipinski definition) is 4. The van der Waals surface area contributed by atoms with Gasteiger partial charge in [-0.2, -0.15) is 0 Å². The molecule has 3 aromatic rings. The summed E-state index contributed by atoms with van der Waals surface area (Å²) in [5.74, 6) is -1.63. The Morgan fingerprint density at radius 2 is 1.52 bits per heavy atom. The van der Waals surface area contributed by atoms with Gasteiger partial charge in [-0.25, -0.2) is 12.8 Å². The molecule has 0 aliphatic rings. The second kappa shape index (κ2) is 13.5. The Morgan fingerprint density at radius 1 is 0.950 bits per heavy atom. The Morgan fingerprint density at radius 3 is 2.05 bits per heavy atom. The van der Waals surface area contributed by atoms with E-state index in [1.54, 1.807) is 51.1 Å². The maximum Gasteiger partial charge on any atom is 0.264 e. The van der Waals surface area contributed by atoms with Gasteiger partial charge >= 0.3 is 0 Å². The third-order valence-corrected chi connectivity index (χ3v) is 8.71. The van der Waals surface area contributed by atoms with Crippen LogP contribution in [0.15, 0.2) is 71.6 Å². The second-order valence-corrected chi connectivity index (χ2v) is 12.3. The van der Waals surface area contributed by atoms with Crippen molar-refractivity contribution in [3.63, 3.8) is 0 Å². The highest BCUT2D eigenvalue weighted by Gasteiger charge is 2.34. The number of benzene rings is 3. The minimum atomic E-state index is -4.26. The van der Waals surface area contributed by atoms with Crippen LogP contribution in [-0.2, 0) is 26.2 Å². The highest BCUT2D eigenvalue weighted by atomic mass is 35.5. The summed E-state index contributed by atoms with van der Waals surface area (Å²) in [6.07, 6.45) is 0.244. The monoisotopic (exact) mass is 607 g/mol. The molecule has 1 atom stereocenters. The molecule has 0 aliphatic heterocycles. The minimum absolute atomic E-state index is 0.0412. The van der Waals surface area contributed by atoms with E-state index in [1.165, 1.54) is 29.2 Å². The fourth-order valence-corrected chi connectivity index (χ4v) is 6.06. The molecular formula is C29H32Cl2FN3O4S. The van der Waals surface area contributed by atoms with Crippen molar-refractivity contribution in [1.82, 2.24) is 10.2 Å². The van der Waals surface area contributed by atoms with Crippen LogP contribution in [0.1, 0.15) is 38.3 Å². The summed E-state index contributed by atoms with van der Waals surface area (Å²) in [6, 6.07) is 14.7. The molecule has 0 bridgehead atoms. The number of halogens is 3. The lowest BCUT2D eigenvalue weighted by atomic mass is 10.1. The number of carbonyl (C=O) groups excluding carboxylic acids is 2. The largest absolute Gasteiger partial charge is 0.352 e. The van der Waals surface area contributed by atoms with Crippen molar-refractivity contribution >= 4 is 50.7 Å². The van der Waals surface area contributed by atoms with Crippen molar-refractivity contribution < 1.29 is 22.4 Å². The lowest BCUT2D eigenvalue weighted by molar-refractivity contribution is -0.140. The van der Waals surface area contributed by atoms with Gasteiger partial charge in [0.15, 0.2) is 0 Å². The van der Waals surface area contributed by atoms with Crippen molar-refractivity contribution in [3.8, 4) is 0 Å². The summed E-state index contributed by atoms with van der Waals surface area (Å²) >= 11 is 12.8. The third-order valence-electron chi connectivity index (χ3n) is 6.21. The molecule has 0 radical (unpaired) electrons. The number of carbonyl (C=O) groups is 2. The van der Waals surface area contributed by atoms with Crippen molar-refractivity contribution in [2.45, 2.75) is 57.6 Å². The molecule has 0 saturated heterocycles. The zero-order valence-electron chi connectivity index (χ0n) is 22.7. The SMILES string of the molecule is CCC(C(=O)NC(C)C)N(Cc1c(Cl)cccc1Cl)C(=O)CN(c1ccc(F)cc1)S(=O)(=O)c1ccc(C)cc1. The van der Waals surface area contributed by atoms with E-state index in [2.05, 4.69) is 5.32 Å².